The van der Waals surface area contributed by atoms with E-state index in [0.717, 1.165) is 0 Å². The number of aliphatic hydroxyl groups is 1. The third kappa shape index (κ3) is 1.83. The van der Waals surface area contributed by atoms with Crippen LogP contribution in [0.15, 0.2) is 10.5 Å². The molecule has 1 atom stereocenters. The van der Waals surface area contributed by atoms with Gasteiger partial charge in [-0.25, -0.2) is 0 Å². The molecule has 0 aromatic heterocycles. The van der Waals surface area contributed by atoms with Crippen molar-refractivity contribution in [1.82, 2.24) is 0 Å². The first kappa shape index (κ1) is 11.3. The third-order valence-corrected chi connectivity index (χ3v) is 2.44. The molecule has 0 radical (unpaired) electrons. The maximum atomic E-state index is 13.4. The Labute approximate surface area is 89.3 Å². The largest absolute Gasteiger partial charge is 0.504 e. The van der Waals surface area contributed by atoms with Gasteiger partial charge in [0.05, 0.1) is 17.7 Å². The smallest absolute Gasteiger partial charge is 0.208 e. The van der Waals surface area contributed by atoms with E-state index in [0.29, 0.717) is 0 Å². The highest BCUT2D eigenvalue weighted by Gasteiger charge is 2.19. The number of hydrogen-bond acceptors (Lipinski definition) is 3. The van der Waals surface area contributed by atoms with Gasteiger partial charge in [-0.2, -0.15) is 4.39 Å². The van der Waals surface area contributed by atoms with E-state index in [1.165, 1.54) is 20.1 Å². The van der Waals surface area contributed by atoms with Gasteiger partial charge in [0.25, 0.3) is 0 Å². The fraction of sp³-hybridized carbons (Fsp3) is 0.333. The first-order valence-corrected chi connectivity index (χ1v) is 4.71. The van der Waals surface area contributed by atoms with Gasteiger partial charge in [0, 0.05) is 5.56 Å². The Bertz CT molecular complexity index is 352. The number of hydrogen-bond donors (Lipinski definition) is 2. The minimum Gasteiger partial charge on any atom is -0.504 e. The number of benzene rings is 1. The lowest BCUT2D eigenvalue weighted by molar-refractivity contribution is 0.192. The molecule has 0 amide bonds. The van der Waals surface area contributed by atoms with Gasteiger partial charge in [0.15, 0.2) is 11.5 Å². The number of aliphatic hydroxyl groups excluding tert-OH is 1. The minimum atomic E-state index is -0.877. The molecule has 5 heteroatoms. The summed E-state index contributed by atoms with van der Waals surface area (Å²) < 4.78 is 18.3. The second kappa shape index (κ2) is 4.14. The van der Waals surface area contributed by atoms with Gasteiger partial charge in [0.2, 0.25) is 5.82 Å². The lowest BCUT2D eigenvalue weighted by Gasteiger charge is -2.13. The zero-order chi connectivity index (χ0) is 10.9. The fourth-order valence-corrected chi connectivity index (χ4v) is 1.55. The molecule has 0 heterocycles. The highest BCUT2D eigenvalue weighted by Crippen LogP contribution is 2.38. The first-order valence-electron chi connectivity index (χ1n) is 3.92. The van der Waals surface area contributed by atoms with Crippen molar-refractivity contribution in [3.8, 4) is 11.5 Å². The summed E-state index contributed by atoms with van der Waals surface area (Å²) in [6, 6.07) is 1.42. The summed E-state index contributed by atoms with van der Waals surface area (Å²) in [5, 5.41) is 18.6. The average Bonchev–Trinajstić information content (AvgIpc) is 2.13. The van der Waals surface area contributed by atoms with Crippen LogP contribution in [0.5, 0.6) is 11.5 Å². The molecule has 0 fully saturated rings. The second-order valence-corrected chi connectivity index (χ2v) is 3.67. The Hall–Kier alpha value is -0.810. The topological polar surface area (TPSA) is 49.7 Å². The van der Waals surface area contributed by atoms with Crippen molar-refractivity contribution >= 4 is 15.9 Å². The molecule has 1 rings (SSSR count). The summed E-state index contributed by atoms with van der Waals surface area (Å²) in [5.74, 6) is -1.54. The lowest BCUT2D eigenvalue weighted by Crippen LogP contribution is -1.99. The zero-order valence-corrected chi connectivity index (χ0v) is 9.30. The van der Waals surface area contributed by atoms with Crippen LogP contribution in [-0.4, -0.2) is 17.3 Å². The van der Waals surface area contributed by atoms with E-state index in [1.54, 1.807) is 0 Å². The van der Waals surface area contributed by atoms with Crippen molar-refractivity contribution in [2.45, 2.75) is 13.0 Å². The van der Waals surface area contributed by atoms with E-state index in [1.807, 2.05) is 0 Å². The van der Waals surface area contributed by atoms with Crippen LogP contribution in [0.2, 0.25) is 0 Å². The maximum Gasteiger partial charge on any atom is 0.208 e. The maximum absolute atomic E-state index is 13.4. The lowest BCUT2D eigenvalue weighted by atomic mass is 10.1. The second-order valence-electron chi connectivity index (χ2n) is 2.82. The van der Waals surface area contributed by atoms with Gasteiger partial charge in [-0.3, -0.25) is 0 Å². The normalized spacial score (nSPS) is 12.6. The number of phenols is 1. The molecule has 0 aliphatic rings. The average molecular weight is 265 g/mol. The standard InChI is InChI=1S/C9H10BrFO3/c1-4(12)5-3-6(10)8(13)7(11)9(5)14-2/h3-4,12-13H,1-2H3. The molecule has 1 unspecified atom stereocenters. The molecule has 14 heavy (non-hydrogen) atoms. The van der Waals surface area contributed by atoms with Crippen molar-refractivity contribution in [2.75, 3.05) is 7.11 Å². The third-order valence-electron chi connectivity index (χ3n) is 1.83. The van der Waals surface area contributed by atoms with Crippen LogP contribution in [0.4, 0.5) is 4.39 Å². The Morgan fingerprint density at radius 1 is 1.57 bits per heavy atom. The van der Waals surface area contributed by atoms with Crippen LogP contribution in [-0.2, 0) is 0 Å². The van der Waals surface area contributed by atoms with Crippen molar-refractivity contribution in [3.05, 3.63) is 21.9 Å². The van der Waals surface area contributed by atoms with Gasteiger partial charge in [-0.15, -0.1) is 0 Å². The molecular weight excluding hydrogens is 255 g/mol. The first-order chi connectivity index (χ1) is 6.49. The van der Waals surface area contributed by atoms with Crippen LogP contribution in [0.3, 0.4) is 0 Å². The number of halogens is 2. The van der Waals surface area contributed by atoms with E-state index >= 15 is 0 Å². The number of aromatic hydroxyl groups is 1. The van der Waals surface area contributed by atoms with Crippen molar-refractivity contribution in [1.29, 1.82) is 0 Å². The fourth-order valence-electron chi connectivity index (χ4n) is 1.13. The molecule has 3 nitrogen and oxygen atoms in total. The van der Waals surface area contributed by atoms with Crippen molar-refractivity contribution < 1.29 is 19.3 Å². The van der Waals surface area contributed by atoms with Crippen LogP contribution in [0, 0.1) is 5.82 Å². The Balaban J connectivity index is 3.43. The van der Waals surface area contributed by atoms with E-state index in [2.05, 4.69) is 15.9 Å². The SMILES string of the molecule is COc1c(C(C)O)cc(Br)c(O)c1F. The molecule has 0 bridgehead atoms. The quantitative estimate of drug-likeness (QED) is 0.862. The molecule has 78 valence electrons. The van der Waals surface area contributed by atoms with Gasteiger partial charge in [0.1, 0.15) is 0 Å². The summed E-state index contributed by atoms with van der Waals surface area (Å²) in [6.45, 7) is 1.49. The molecule has 0 aliphatic heterocycles. The molecule has 1 aromatic rings. The van der Waals surface area contributed by atoms with Gasteiger partial charge in [-0.05, 0) is 28.9 Å². The monoisotopic (exact) mass is 264 g/mol. The number of phenolic OH excluding ortho intramolecular Hbond substituents is 1. The van der Waals surface area contributed by atoms with Crippen LogP contribution in [0.25, 0.3) is 0 Å². The predicted molar refractivity (Wildman–Crippen MR) is 53.0 cm³/mol. The summed E-state index contributed by atoms with van der Waals surface area (Å²) >= 11 is 2.97. The molecule has 2 N–H and O–H groups in total. The molecule has 0 aliphatic carbocycles. The molecule has 0 saturated carbocycles. The minimum absolute atomic E-state index is 0.138. The van der Waals surface area contributed by atoms with Crippen LogP contribution >= 0.6 is 15.9 Å². The molecule has 1 aromatic carbocycles. The van der Waals surface area contributed by atoms with Crippen LogP contribution in [0.1, 0.15) is 18.6 Å². The summed E-state index contributed by atoms with van der Waals surface area (Å²) in [6.07, 6.45) is -0.864. The molecule has 0 saturated heterocycles. The Morgan fingerprint density at radius 3 is 2.57 bits per heavy atom. The van der Waals surface area contributed by atoms with Crippen molar-refractivity contribution in [2.24, 2.45) is 0 Å². The van der Waals surface area contributed by atoms with Gasteiger partial charge >= 0.3 is 0 Å². The summed E-state index contributed by atoms with van der Waals surface area (Å²) in [5.41, 5.74) is 0.287. The Morgan fingerprint density at radius 2 is 2.14 bits per heavy atom. The Kier molecular flexibility index (Phi) is 3.34. The van der Waals surface area contributed by atoms with Crippen LogP contribution < -0.4 is 4.74 Å². The van der Waals surface area contributed by atoms with E-state index in [-0.39, 0.29) is 15.8 Å². The zero-order valence-electron chi connectivity index (χ0n) is 7.71. The number of methoxy groups -OCH3 is 1. The number of rotatable bonds is 2. The molecular formula is C9H10BrFO3. The van der Waals surface area contributed by atoms with E-state index < -0.39 is 17.7 Å². The number of ether oxygens (including phenoxy) is 1. The van der Waals surface area contributed by atoms with E-state index in [4.69, 9.17) is 4.74 Å². The van der Waals surface area contributed by atoms with Gasteiger partial charge in [-0.1, -0.05) is 0 Å². The summed E-state index contributed by atoms with van der Waals surface area (Å²) in [7, 11) is 1.28. The van der Waals surface area contributed by atoms with E-state index in [9.17, 15) is 14.6 Å². The predicted octanol–water partition coefficient (Wildman–Crippen LogP) is 2.36. The summed E-state index contributed by atoms with van der Waals surface area (Å²) in [4.78, 5) is 0. The van der Waals surface area contributed by atoms with Crippen molar-refractivity contribution in [3.63, 3.8) is 0 Å². The highest BCUT2D eigenvalue weighted by molar-refractivity contribution is 9.10. The molecule has 0 spiro atoms. The van der Waals surface area contributed by atoms with Gasteiger partial charge < -0.3 is 14.9 Å². The highest BCUT2D eigenvalue weighted by atomic mass is 79.9.